The second-order valence-corrected chi connectivity index (χ2v) is 4.72. The van der Waals surface area contributed by atoms with Gasteiger partial charge in [0.15, 0.2) is 10.9 Å². The molecular weight excluding hydrogens is 282 g/mol. The molecule has 8 heteroatoms. The van der Waals surface area contributed by atoms with Crippen molar-refractivity contribution in [1.82, 2.24) is 9.97 Å². The molecule has 102 valence electrons. The Kier molecular flexibility index (Phi) is 4.26. The molecule has 1 heterocycles. The number of benzene rings is 1. The summed E-state index contributed by atoms with van der Waals surface area (Å²) in [6.45, 7) is 0. The van der Waals surface area contributed by atoms with E-state index in [0.29, 0.717) is 10.7 Å². The van der Waals surface area contributed by atoms with E-state index in [1.54, 1.807) is 0 Å². The predicted octanol–water partition coefficient (Wildman–Crippen LogP) is 1.65. The number of ketones is 1. The van der Waals surface area contributed by atoms with Crippen molar-refractivity contribution in [3.63, 3.8) is 0 Å². The fourth-order valence-corrected chi connectivity index (χ4v) is 2.15. The molecule has 1 aromatic carbocycles. The van der Waals surface area contributed by atoms with E-state index in [-0.39, 0.29) is 22.8 Å². The third kappa shape index (κ3) is 3.51. The molecule has 2 rings (SSSR count). The van der Waals surface area contributed by atoms with Crippen molar-refractivity contribution < 1.29 is 9.72 Å². The van der Waals surface area contributed by atoms with Crippen molar-refractivity contribution in [2.24, 2.45) is 0 Å². The first-order chi connectivity index (χ1) is 9.56. The standard InChI is InChI=1S/C12H9N3O4S/c16-10(7-20-12-13-6-5-11(17)14-12)8-1-3-9(4-2-8)15(18)19/h1-6H,7H2,(H,13,14,17). The molecule has 0 spiro atoms. The normalized spacial score (nSPS) is 10.2. The highest BCUT2D eigenvalue weighted by Gasteiger charge is 2.10. The Morgan fingerprint density at radius 1 is 1.30 bits per heavy atom. The van der Waals surface area contributed by atoms with Crippen molar-refractivity contribution in [2.75, 3.05) is 5.75 Å². The predicted molar refractivity (Wildman–Crippen MR) is 73.0 cm³/mol. The van der Waals surface area contributed by atoms with Gasteiger partial charge < -0.3 is 4.98 Å². The van der Waals surface area contributed by atoms with E-state index in [0.717, 1.165) is 11.8 Å². The average molecular weight is 291 g/mol. The second-order valence-electron chi connectivity index (χ2n) is 3.76. The van der Waals surface area contributed by atoms with Gasteiger partial charge in [-0.1, -0.05) is 11.8 Å². The Morgan fingerprint density at radius 2 is 2.00 bits per heavy atom. The SMILES string of the molecule is O=C(CSc1nccc(=O)[nH]1)c1ccc([N+](=O)[O-])cc1. The van der Waals surface area contributed by atoms with E-state index in [9.17, 15) is 19.7 Å². The highest BCUT2D eigenvalue weighted by Crippen LogP contribution is 2.16. The number of aromatic amines is 1. The lowest BCUT2D eigenvalue weighted by atomic mass is 10.1. The molecule has 0 atom stereocenters. The number of aromatic nitrogens is 2. The van der Waals surface area contributed by atoms with E-state index in [2.05, 4.69) is 9.97 Å². The molecule has 0 aliphatic heterocycles. The van der Waals surface area contributed by atoms with Gasteiger partial charge in [-0.3, -0.25) is 19.7 Å². The van der Waals surface area contributed by atoms with Crippen LogP contribution >= 0.6 is 11.8 Å². The number of nitro benzene ring substituents is 1. The fourth-order valence-electron chi connectivity index (χ4n) is 1.41. The van der Waals surface area contributed by atoms with Gasteiger partial charge in [0.1, 0.15) is 0 Å². The second kappa shape index (κ2) is 6.11. The van der Waals surface area contributed by atoms with E-state index in [4.69, 9.17) is 0 Å². The highest BCUT2D eigenvalue weighted by molar-refractivity contribution is 7.99. The summed E-state index contributed by atoms with van der Waals surface area (Å²) in [5.74, 6) is -0.110. The Labute approximate surface area is 117 Å². The number of carbonyl (C=O) groups excluding carboxylic acids is 1. The molecule has 2 aromatic rings. The third-order valence-corrected chi connectivity index (χ3v) is 3.28. The van der Waals surface area contributed by atoms with Gasteiger partial charge in [0.05, 0.1) is 10.7 Å². The minimum absolute atomic E-state index is 0.0664. The minimum atomic E-state index is -0.526. The van der Waals surface area contributed by atoms with Crippen molar-refractivity contribution >= 4 is 23.2 Å². The molecule has 7 nitrogen and oxygen atoms in total. The summed E-state index contributed by atoms with van der Waals surface area (Å²) in [5, 5.41) is 10.9. The average Bonchev–Trinajstić information content (AvgIpc) is 2.45. The van der Waals surface area contributed by atoms with Crippen molar-refractivity contribution in [2.45, 2.75) is 5.16 Å². The lowest BCUT2D eigenvalue weighted by Crippen LogP contribution is -2.08. The van der Waals surface area contributed by atoms with Gasteiger partial charge in [0, 0.05) is 30.0 Å². The summed E-state index contributed by atoms with van der Waals surface area (Å²) in [6.07, 6.45) is 1.36. The maximum atomic E-state index is 11.9. The molecule has 20 heavy (non-hydrogen) atoms. The fraction of sp³-hybridized carbons (Fsp3) is 0.0833. The van der Waals surface area contributed by atoms with Crippen LogP contribution in [-0.4, -0.2) is 26.4 Å². The number of nitro groups is 1. The van der Waals surface area contributed by atoms with Gasteiger partial charge >= 0.3 is 0 Å². The zero-order chi connectivity index (χ0) is 14.5. The van der Waals surface area contributed by atoms with Crippen LogP contribution in [0.2, 0.25) is 0 Å². The van der Waals surface area contributed by atoms with Crippen LogP contribution in [0.1, 0.15) is 10.4 Å². The first kappa shape index (κ1) is 13.9. The summed E-state index contributed by atoms with van der Waals surface area (Å²) in [5.41, 5.74) is 0.0231. The number of nitrogens with zero attached hydrogens (tertiary/aromatic N) is 2. The van der Waals surface area contributed by atoms with Crippen molar-refractivity contribution in [3.05, 3.63) is 62.6 Å². The van der Waals surface area contributed by atoms with E-state index in [1.807, 2.05) is 0 Å². The molecule has 0 bridgehead atoms. The van der Waals surface area contributed by atoms with Gasteiger partial charge in [-0.25, -0.2) is 4.98 Å². The Morgan fingerprint density at radius 3 is 2.60 bits per heavy atom. The van der Waals surface area contributed by atoms with Crippen molar-refractivity contribution in [3.8, 4) is 0 Å². The molecule has 0 saturated heterocycles. The molecule has 0 fully saturated rings. The summed E-state index contributed by atoms with van der Waals surface area (Å²) < 4.78 is 0. The number of rotatable bonds is 5. The van der Waals surface area contributed by atoms with E-state index < -0.39 is 4.92 Å². The van der Waals surface area contributed by atoms with Crippen LogP contribution in [0.4, 0.5) is 5.69 Å². The van der Waals surface area contributed by atoms with Gasteiger partial charge in [0.2, 0.25) is 0 Å². The van der Waals surface area contributed by atoms with Crippen LogP contribution in [0.15, 0.2) is 46.5 Å². The number of H-pyrrole nitrogens is 1. The van der Waals surface area contributed by atoms with Crippen LogP contribution in [0.25, 0.3) is 0 Å². The summed E-state index contributed by atoms with van der Waals surface area (Å²) in [7, 11) is 0. The van der Waals surface area contributed by atoms with Crippen LogP contribution in [0.5, 0.6) is 0 Å². The summed E-state index contributed by atoms with van der Waals surface area (Å²) in [4.78, 5) is 39.3. The largest absolute Gasteiger partial charge is 0.301 e. The molecule has 0 saturated carbocycles. The van der Waals surface area contributed by atoms with E-state index in [1.165, 1.54) is 36.5 Å². The lowest BCUT2D eigenvalue weighted by Gasteiger charge is -2.00. The van der Waals surface area contributed by atoms with Crippen LogP contribution < -0.4 is 5.56 Å². The molecule has 0 unspecified atom stereocenters. The van der Waals surface area contributed by atoms with Gasteiger partial charge in [-0.05, 0) is 12.1 Å². The smallest absolute Gasteiger partial charge is 0.269 e. The number of Topliss-reactive ketones (excluding diaryl/α,β-unsaturated/α-hetero) is 1. The van der Waals surface area contributed by atoms with E-state index >= 15 is 0 Å². The van der Waals surface area contributed by atoms with Crippen LogP contribution in [0, 0.1) is 10.1 Å². The van der Waals surface area contributed by atoms with Gasteiger partial charge in [0.25, 0.3) is 11.2 Å². The maximum absolute atomic E-state index is 11.9. The number of nitrogens with one attached hydrogen (secondary N) is 1. The molecular formula is C12H9N3O4S. The molecule has 0 amide bonds. The zero-order valence-corrected chi connectivity index (χ0v) is 10.9. The topological polar surface area (TPSA) is 106 Å². The highest BCUT2D eigenvalue weighted by atomic mass is 32.2. The Hall–Kier alpha value is -2.48. The summed E-state index contributed by atoms with van der Waals surface area (Å²) >= 11 is 1.10. The maximum Gasteiger partial charge on any atom is 0.269 e. The number of thioether (sulfide) groups is 1. The number of hydrogen-bond donors (Lipinski definition) is 1. The Bertz CT molecular complexity index is 696. The van der Waals surface area contributed by atoms with Gasteiger partial charge in [-0.15, -0.1) is 0 Å². The molecule has 1 N–H and O–H groups in total. The minimum Gasteiger partial charge on any atom is -0.301 e. The quantitative estimate of drug-likeness (QED) is 0.295. The monoisotopic (exact) mass is 291 g/mol. The summed E-state index contributed by atoms with van der Waals surface area (Å²) in [6, 6.07) is 6.65. The number of hydrogen-bond acceptors (Lipinski definition) is 6. The zero-order valence-electron chi connectivity index (χ0n) is 10.1. The van der Waals surface area contributed by atoms with Crippen molar-refractivity contribution in [1.29, 1.82) is 0 Å². The van der Waals surface area contributed by atoms with Gasteiger partial charge in [-0.2, -0.15) is 0 Å². The molecule has 1 aromatic heterocycles. The first-order valence-corrected chi connectivity index (χ1v) is 6.50. The van der Waals surface area contributed by atoms with Crippen LogP contribution in [-0.2, 0) is 0 Å². The lowest BCUT2D eigenvalue weighted by molar-refractivity contribution is -0.384. The van der Waals surface area contributed by atoms with Crippen LogP contribution in [0.3, 0.4) is 0 Å². The number of non-ortho nitro benzene ring substituents is 1. The molecule has 0 aliphatic rings. The molecule has 0 radical (unpaired) electrons. The number of carbonyl (C=O) groups is 1. The third-order valence-electron chi connectivity index (χ3n) is 2.39. The Balaban J connectivity index is 2.01. The first-order valence-electron chi connectivity index (χ1n) is 5.52. The molecule has 0 aliphatic carbocycles.